The maximum absolute atomic E-state index is 12.0. The average Bonchev–Trinajstić information content (AvgIpc) is 2.97. The van der Waals surface area contributed by atoms with Gasteiger partial charge in [-0.25, -0.2) is 0 Å². The highest BCUT2D eigenvalue weighted by atomic mass is 35.5. The molecule has 0 spiro atoms. The van der Waals surface area contributed by atoms with E-state index in [9.17, 15) is 10.1 Å². The Labute approximate surface area is 154 Å². The van der Waals surface area contributed by atoms with Crippen molar-refractivity contribution in [1.82, 2.24) is 0 Å². The smallest absolute Gasteiger partial charge is 0.265 e. The van der Waals surface area contributed by atoms with Gasteiger partial charge in [0, 0.05) is 15.5 Å². The van der Waals surface area contributed by atoms with Crippen LogP contribution in [0.1, 0.15) is 34.4 Å². The number of rotatable bonds is 5. The number of aryl methyl sites for hydroxylation is 1. The number of hydrogen-bond acceptors (Lipinski definition) is 5. The van der Waals surface area contributed by atoms with Gasteiger partial charge < -0.3 is 10.2 Å². The lowest BCUT2D eigenvalue weighted by atomic mass is 9.96. The van der Waals surface area contributed by atoms with Gasteiger partial charge in [-0.1, -0.05) is 35.0 Å². The van der Waals surface area contributed by atoms with E-state index in [0.717, 1.165) is 31.2 Å². The van der Waals surface area contributed by atoms with E-state index in [0.29, 0.717) is 21.2 Å². The summed E-state index contributed by atoms with van der Waals surface area (Å²) in [5.41, 5.74) is 2.39. The maximum Gasteiger partial charge on any atom is 0.265 e. The van der Waals surface area contributed by atoms with Crippen LogP contribution >= 0.6 is 22.9 Å². The molecule has 3 rings (SSSR count). The maximum atomic E-state index is 12.0. The Morgan fingerprint density at radius 1 is 1.40 bits per heavy atom. The first-order valence-corrected chi connectivity index (χ1v) is 9.13. The van der Waals surface area contributed by atoms with Gasteiger partial charge in [-0.3, -0.25) is 4.79 Å². The molecule has 25 heavy (non-hydrogen) atoms. The van der Waals surface area contributed by atoms with Crippen molar-refractivity contribution < 1.29 is 9.63 Å². The summed E-state index contributed by atoms with van der Waals surface area (Å²) >= 11 is 7.49. The molecule has 2 aromatic rings. The van der Waals surface area contributed by atoms with Gasteiger partial charge in [0.15, 0.2) is 6.61 Å². The van der Waals surface area contributed by atoms with Crippen molar-refractivity contribution in [2.45, 2.75) is 25.7 Å². The van der Waals surface area contributed by atoms with Crippen molar-refractivity contribution in [3.8, 4) is 6.07 Å². The summed E-state index contributed by atoms with van der Waals surface area (Å²) in [4.78, 5) is 18.3. The molecular weight excluding hydrogens is 358 g/mol. The second-order valence-corrected chi connectivity index (χ2v) is 7.12. The molecule has 0 unspecified atom stereocenters. The van der Waals surface area contributed by atoms with Gasteiger partial charge in [0.2, 0.25) is 0 Å². The fourth-order valence-electron chi connectivity index (χ4n) is 2.70. The van der Waals surface area contributed by atoms with Crippen LogP contribution in [-0.4, -0.2) is 18.7 Å². The Bertz CT molecular complexity index is 854. The van der Waals surface area contributed by atoms with Gasteiger partial charge >= 0.3 is 0 Å². The highest BCUT2D eigenvalue weighted by molar-refractivity contribution is 7.16. The minimum atomic E-state index is -0.341. The second kappa shape index (κ2) is 8.15. The van der Waals surface area contributed by atoms with Gasteiger partial charge in [-0.2, -0.15) is 5.26 Å². The largest absolute Gasteiger partial charge is 0.386 e. The van der Waals surface area contributed by atoms with E-state index in [-0.39, 0.29) is 12.5 Å². The standard InChI is InChI=1S/C18H16ClN3O2S/c19-15-7-3-1-5-12(15)10-21-24-11-17(23)22-18-14(9-20)13-6-2-4-8-16(13)25-18/h1,3,5,7,10H,2,4,6,8,11H2,(H,22,23)/b21-10+. The number of benzene rings is 1. The third-order valence-electron chi connectivity index (χ3n) is 3.90. The molecule has 0 saturated carbocycles. The summed E-state index contributed by atoms with van der Waals surface area (Å²) in [6, 6.07) is 9.41. The zero-order chi connectivity index (χ0) is 17.6. The van der Waals surface area contributed by atoms with E-state index < -0.39 is 0 Å². The molecule has 1 aliphatic carbocycles. The lowest BCUT2D eigenvalue weighted by Gasteiger charge is -2.09. The minimum Gasteiger partial charge on any atom is -0.386 e. The minimum absolute atomic E-state index is 0.228. The quantitative estimate of drug-likeness (QED) is 0.632. The number of amides is 1. The normalized spacial score (nSPS) is 13.3. The van der Waals surface area contributed by atoms with Crippen LogP contribution in [0.5, 0.6) is 0 Å². The molecule has 0 bridgehead atoms. The predicted molar refractivity (Wildman–Crippen MR) is 99.3 cm³/mol. The summed E-state index contributed by atoms with van der Waals surface area (Å²) in [6.45, 7) is -0.228. The second-order valence-electron chi connectivity index (χ2n) is 5.60. The number of carbonyl (C=O) groups is 1. The lowest BCUT2D eigenvalue weighted by Crippen LogP contribution is -2.17. The van der Waals surface area contributed by atoms with Crippen LogP contribution in [0.15, 0.2) is 29.4 Å². The van der Waals surface area contributed by atoms with E-state index in [2.05, 4.69) is 16.5 Å². The van der Waals surface area contributed by atoms with Gasteiger partial charge in [-0.15, -0.1) is 11.3 Å². The number of nitrogens with zero attached hydrogens (tertiary/aromatic N) is 2. The fourth-order valence-corrected chi connectivity index (χ4v) is 4.15. The number of carbonyl (C=O) groups excluding carboxylic acids is 1. The number of anilines is 1. The van der Waals surface area contributed by atoms with Crippen LogP contribution in [0.25, 0.3) is 0 Å². The van der Waals surface area contributed by atoms with E-state index >= 15 is 0 Å². The van der Waals surface area contributed by atoms with E-state index in [1.807, 2.05) is 12.1 Å². The van der Waals surface area contributed by atoms with Gasteiger partial charge in [0.05, 0.1) is 11.8 Å². The van der Waals surface area contributed by atoms with E-state index in [4.69, 9.17) is 16.4 Å². The van der Waals surface area contributed by atoms with Crippen LogP contribution in [0.4, 0.5) is 5.00 Å². The lowest BCUT2D eigenvalue weighted by molar-refractivity contribution is -0.120. The van der Waals surface area contributed by atoms with Gasteiger partial charge in [-0.05, 0) is 37.3 Å². The Kier molecular flexibility index (Phi) is 5.69. The molecule has 1 amide bonds. The monoisotopic (exact) mass is 373 g/mol. The van der Waals surface area contributed by atoms with Crippen LogP contribution in [0.2, 0.25) is 5.02 Å². The Balaban J connectivity index is 1.57. The van der Waals surface area contributed by atoms with Gasteiger partial charge in [0.25, 0.3) is 5.91 Å². The number of halogens is 1. The van der Waals surface area contributed by atoms with Crippen molar-refractivity contribution in [2.24, 2.45) is 5.16 Å². The van der Waals surface area contributed by atoms with Crippen molar-refractivity contribution in [3.05, 3.63) is 50.9 Å². The predicted octanol–water partition coefficient (Wildman–Crippen LogP) is 4.14. The SMILES string of the molecule is N#Cc1c(NC(=O)CO/N=C/c2ccccc2Cl)sc2c1CCCC2. The molecule has 7 heteroatoms. The molecule has 5 nitrogen and oxygen atoms in total. The number of nitriles is 1. The zero-order valence-corrected chi connectivity index (χ0v) is 15.0. The van der Waals surface area contributed by atoms with Gasteiger partial charge in [0.1, 0.15) is 11.1 Å². The highest BCUT2D eigenvalue weighted by Crippen LogP contribution is 2.37. The molecule has 0 radical (unpaired) electrons. The fraction of sp³-hybridized carbons (Fsp3) is 0.278. The molecule has 0 saturated heterocycles. The van der Waals surface area contributed by atoms with Crippen molar-refractivity contribution in [1.29, 1.82) is 5.26 Å². The van der Waals surface area contributed by atoms with Crippen molar-refractivity contribution in [2.75, 3.05) is 11.9 Å². The molecule has 1 heterocycles. The molecule has 1 aromatic carbocycles. The topological polar surface area (TPSA) is 74.5 Å². The molecule has 1 N–H and O–H groups in total. The first kappa shape index (κ1) is 17.5. The molecular formula is C18H16ClN3O2S. The third kappa shape index (κ3) is 4.19. The molecule has 1 aliphatic rings. The summed E-state index contributed by atoms with van der Waals surface area (Å²) < 4.78 is 0. The number of hydrogen-bond donors (Lipinski definition) is 1. The summed E-state index contributed by atoms with van der Waals surface area (Å²) in [5.74, 6) is -0.341. The van der Waals surface area contributed by atoms with Crippen molar-refractivity contribution in [3.63, 3.8) is 0 Å². The molecule has 0 aliphatic heterocycles. The van der Waals surface area contributed by atoms with Crippen molar-refractivity contribution >= 4 is 40.1 Å². The molecule has 0 fully saturated rings. The first-order chi connectivity index (χ1) is 12.2. The zero-order valence-electron chi connectivity index (χ0n) is 13.4. The number of fused-ring (bicyclic) bond motifs is 1. The third-order valence-corrected chi connectivity index (χ3v) is 5.45. The summed E-state index contributed by atoms with van der Waals surface area (Å²) in [7, 11) is 0. The Morgan fingerprint density at radius 3 is 3.00 bits per heavy atom. The molecule has 0 atom stereocenters. The highest BCUT2D eigenvalue weighted by Gasteiger charge is 2.21. The summed E-state index contributed by atoms with van der Waals surface area (Å²) in [5, 5.41) is 17.1. The molecule has 1 aromatic heterocycles. The van der Waals surface area contributed by atoms with E-state index in [1.54, 1.807) is 12.1 Å². The average molecular weight is 374 g/mol. The Hall–Kier alpha value is -2.36. The van der Waals surface area contributed by atoms with Crippen LogP contribution < -0.4 is 5.32 Å². The summed E-state index contributed by atoms with van der Waals surface area (Å²) in [6.07, 6.45) is 5.56. The number of thiophene rings is 1. The molecule has 128 valence electrons. The Morgan fingerprint density at radius 2 is 2.20 bits per heavy atom. The first-order valence-electron chi connectivity index (χ1n) is 7.93. The number of oxime groups is 1. The van der Waals surface area contributed by atoms with Crippen LogP contribution in [0.3, 0.4) is 0 Å². The number of nitrogens with one attached hydrogen (secondary N) is 1. The van der Waals surface area contributed by atoms with Crippen LogP contribution in [-0.2, 0) is 22.5 Å². The van der Waals surface area contributed by atoms with Crippen LogP contribution in [0, 0.1) is 11.3 Å². The van der Waals surface area contributed by atoms with E-state index in [1.165, 1.54) is 22.4 Å².